The summed E-state index contributed by atoms with van der Waals surface area (Å²) in [7, 11) is 0. The molecule has 1 aliphatic rings. The van der Waals surface area contributed by atoms with Gasteiger partial charge in [-0.1, -0.05) is 36.4 Å². The summed E-state index contributed by atoms with van der Waals surface area (Å²) in [4.78, 5) is 16.3. The van der Waals surface area contributed by atoms with Crippen LogP contribution >= 0.6 is 0 Å². The second-order valence-corrected chi connectivity index (χ2v) is 6.57. The topological polar surface area (TPSA) is 71.8 Å². The largest absolute Gasteiger partial charge is 0.338 e. The fourth-order valence-electron chi connectivity index (χ4n) is 3.14. The molecule has 2 aromatic heterocycles. The first-order valence-corrected chi connectivity index (χ1v) is 8.81. The van der Waals surface area contributed by atoms with Gasteiger partial charge in [-0.05, 0) is 36.0 Å². The highest BCUT2D eigenvalue weighted by Gasteiger charge is 2.38. The Bertz CT molecular complexity index is 862. The molecule has 6 nitrogen and oxygen atoms in total. The maximum atomic E-state index is 12.1. The van der Waals surface area contributed by atoms with Crippen molar-refractivity contribution >= 4 is 11.8 Å². The van der Waals surface area contributed by atoms with Crippen molar-refractivity contribution in [1.29, 1.82) is 0 Å². The third-order valence-corrected chi connectivity index (χ3v) is 4.61. The number of rotatable bonds is 6. The summed E-state index contributed by atoms with van der Waals surface area (Å²) in [5, 5.41) is 10.1. The van der Waals surface area contributed by atoms with Crippen molar-refractivity contribution in [1.82, 2.24) is 20.1 Å². The van der Waals surface area contributed by atoms with Gasteiger partial charge in [-0.2, -0.15) is 5.10 Å². The number of nitrogens with one attached hydrogen (secondary N) is 2. The van der Waals surface area contributed by atoms with Crippen LogP contribution in [0.5, 0.6) is 0 Å². The molecule has 0 unspecified atom stereocenters. The van der Waals surface area contributed by atoms with E-state index in [0.29, 0.717) is 30.7 Å². The van der Waals surface area contributed by atoms with Crippen LogP contribution in [0.3, 0.4) is 0 Å². The first-order chi connectivity index (χ1) is 12.8. The van der Waals surface area contributed by atoms with Gasteiger partial charge in [0.15, 0.2) is 5.82 Å². The number of pyridine rings is 1. The van der Waals surface area contributed by atoms with Crippen molar-refractivity contribution < 1.29 is 4.79 Å². The number of aromatic nitrogens is 3. The van der Waals surface area contributed by atoms with Crippen LogP contribution in [0.15, 0.2) is 67.0 Å². The van der Waals surface area contributed by atoms with E-state index in [0.717, 1.165) is 12.1 Å². The molecule has 0 saturated heterocycles. The zero-order valence-electron chi connectivity index (χ0n) is 14.4. The molecule has 26 heavy (non-hydrogen) atoms. The number of hydrogen-bond acceptors (Lipinski definition) is 3. The number of urea groups is 1. The average Bonchev–Trinajstić information content (AvgIpc) is 3.34. The van der Waals surface area contributed by atoms with Gasteiger partial charge in [0.05, 0.1) is 12.2 Å². The molecule has 6 heteroatoms. The van der Waals surface area contributed by atoms with Crippen LogP contribution in [-0.2, 0) is 6.54 Å². The molecule has 0 aliphatic heterocycles. The molecule has 1 fully saturated rings. The van der Waals surface area contributed by atoms with Crippen molar-refractivity contribution in [2.45, 2.75) is 18.9 Å². The number of anilines is 1. The second kappa shape index (κ2) is 7.39. The zero-order valence-corrected chi connectivity index (χ0v) is 14.4. The van der Waals surface area contributed by atoms with Crippen LogP contribution in [0.25, 0.3) is 0 Å². The van der Waals surface area contributed by atoms with Crippen LogP contribution in [0.2, 0.25) is 0 Å². The van der Waals surface area contributed by atoms with Crippen LogP contribution in [0.1, 0.15) is 23.6 Å². The highest BCUT2D eigenvalue weighted by molar-refractivity contribution is 5.88. The molecule has 4 rings (SSSR count). The van der Waals surface area contributed by atoms with Gasteiger partial charge in [-0.25, -0.2) is 4.79 Å². The molecule has 1 aliphatic carbocycles. The lowest BCUT2D eigenvalue weighted by atomic mass is 10.1. The lowest BCUT2D eigenvalue weighted by molar-refractivity contribution is 0.251. The first-order valence-electron chi connectivity index (χ1n) is 8.81. The molecule has 1 saturated carbocycles. The van der Waals surface area contributed by atoms with E-state index in [2.05, 4.69) is 45.0 Å². The predicted molar refractivity (Wildman–Crippen MR) is 99.9 cm³/mol. The van der Waals surface area contributed by atoms with Crippen molar-refractivity contribution in [3.05, 3.63) is 78.2 Å². The van der Waals surface area contributed by atoms with Crippen LogP contribution in [0.4, 0.5) is 10.6 Å². The highest BCUT2D eigenvalue weighted by Crippen LogP contribution is 2.46. The van der Waals surface area contributed by atoms with Crippen LogP contribution < -0.4 is 10.6 Å². The monoisotopic (exact) mass is 347 g/mol. The Morgan fingerprint density at radius 1 is 1.12 bits per heavy atom. The molecule has 3 aromatic rings. The molecule has 2 atom stereocenters. The van der Waals surface area contributed by atoms with Crippen LogP contribution in [-0.4, -0.2) is 27.3 Å². The number of benzene rings is 1. The number of carbonyl (C=O) groups excluding carboxylic acids is 1. The van der Waals surface area contributed by atoms with Crippen molar-refractivity contribution in [3.8, 4) is 0 Å². The average molecular weight is 347 g/mol. The maximum absolute atomic E-state index is 12.1. The first kappa shape index (κ1) is 16.3. The van der Waals surface area contributed by atoms with Crippen molar-refractivity contribution in [2.75, 3.05) is 11.9 Å². The van der Waals surface area contributed by atoms with E-state index in [-0.39, 0.29) is 6.03 Å². The fourth-order valence-corrected chi connectivity index (χ4v) is 3.14. The van der Waals surface area contributed by atoms with Gasteiger partial charge < -0.3 is 5.32 Å². The Hall–Kier alpha value is -3.15. The summed E-state index contributed by atoms with van der Waals surface area (Å²) in [6.45, 7) is 1.25. The standard InChI is InChI=1S/C20H21N5O/c26-20(22-13-16-12-18(16)15-6-2-1-3-7-15)23-19-9-11-25(24-19)14-17-8-4-5-10-21-17/h1-11,16,18H,12-14H2,(H2,22,23,24,26)/t16-,18+/m1/s1. The summed E-state index contributed by atoms with van der Waals surface area (Å²) in [6.07, 6.45) is 4.71. The van der Waals surface area contributed by atoms with Gasteiger partial charge in [0.25, 0.3) is 0 Å². The highest BCUT2D eigenvalue weighted by atomic mass is 16.2. The van der Waals surface area contributed by atoms with E-state index < -0.39 is 0 Å². The molecule has 2 N–H and O–H groups in total. The minimum Gasteiger partial charge on any atom is -0.338 e. The number of nitrogens with zero attached hydrogens (tertiary/aromatic N) is 3. The van der Waals surface area contributed by atoms with Crippen LogP contribution in [0, 0.1) is 5.92 Å². The zero-order chi connectivity index (χ0) is 17.8. The third kappa shape index (κ3) is 4.08. The summed E-state index contributed by atoms with van der Waals surface area (Å²) in [6, 6.07) is 17.8. The van der Waals surface area contributed by atoms with Gasteiger partial charge in [-0.3, -0.25) is 15.0 Å². The Balaban J connectivity index is 1.23. The fraction of sp³-hybridized carbons (Fsp3) is 0.250. The quantitative estimate of drug-likeness (QED) is 0.719. The Morgan fingerprint density at radius 2 is 1.96 bits per heavy atom. The smallest absolute Gasteiger partial charge is 0.320 e. The molecule has 0 radical (unpaired) electrons. The Kier molecular flexibility index (Phi) is 4.64. The van der Waals surface area contributed by atoms with E-state index in [1.165, 1.54) is 5.56 Å². The molecular formula is C20H21N5O. The molecule has 2 heterocycles. The molecule has 1 aromatic carbocycles. The van der Waals surface area contributed by atoms with Gasteiger partial charge in [0, 0.05) is 25.0 Å². The van der Waals surface area contributed by atoms with E-state index in [1.54, 1.807) is 16.9 Å². The van der Waals surface area contributed by atoms with E-state index in [9.17, 15) is 4.79 Å². The minimum atomic E-state index is -0.216. The Labute approximate surface area is 152 Å². The molecule has 132 valence electrons. The molecule has 2 amide bonds. The summed E-state index contributed by atoms with van der Waals surface area (Å²) in [5.74, 6) is 1.62. The number of amides is 2. The maximum Gasteiger partial charge on any atom is 0.320 e. The van der Waals surface area contributed by atoms with Crippen molar-refractivity contribution in [2.24, 2.45) is 5.92 Å². The van der Waals surface area contributed by atoms with Gasteiger partial charge >= 0.3 is 6.03 Å². The summed E-state index contributed by atoms with van der Waals surface area (Å²) in [5.41, 5.74) is 2.28. The number of carbonyl (C=O) groups is 1. The SMILES string of the molecule is O=C(NC[C@H]1C[C@H]1c1ccccc1)Nc1ccn(Cc2ccccn2)n1. The Morgan fingerprint density at radius 3 is 2.77 bits per heavy atom. The molecule has 0 bridgehead atoms. The third-order valence-electron chi connectivity index (χ3n) is 4.61. The number of hydrogen-bond donors (Lipinski definition) is 2. The van der Waals surface area contributed by atoms with Gasteiger partial charge in [-0.15, -0.1) is 0 Å². The molecule has 0 spiro atoms. The summed E-state index contributed by atoms with van der Waals surface area (Å²) < 4.78 is 1.75. The normalized spacial score (nSPS) is 18.3. The molecular weight excluding hydrogens is 326 g/mol. The minimum absolute atomic E-state index is 0.216. The lowest BCUT2D eigenvalue weighted by Gasteiger charge is -2.06. The lowest BCUT2D eigenvalue weighted by Crippen LogP contribution is -2.30. The summed E-state index contributed by atoms with van der Waals surface area (Å²) >= 11 is 0. The second-order valence-electron chi connectivity index (χ2n) is 6.57. The van der Waals surface area contributed by atoms with Gasteiger partial charge in [0.1, 0.15) is 0 Å². The predicted octanol–water partition coefficient (Wildman–Crippen LogP) is 3.25. The van der Waals surface area contributed by atoms with E-state index >= 15 is 0 Å². The van der Waals surface area contributed by atoms with Crippen molar-refractivity contribution in [3.63, 3.8) is 0 Å². The van der Waals surface area contributed by atoms with E-state index in [4.69, 9.17) is 0 Å². The van der Waals surface area contributed by atoms with Gasteiger partial charge in [0.2, 0.25) is 0 Å². The van der Waals surface area contributed by atoms with E-state index in [1.807, 2.05) is 30.5 Å².